The minimum Gasteiger partial charge on any atom is -0.368 e. The molecule has 164 valence electrons. The summed E-state index contributed by atoms with van der Waals surface area (Å²) >= 11 is 0. The third-order valence-corrected chi connectivity index (χ3v) is 6.18. The normalized spacial score (nSPS) is 12.1. The number of aromatic nitrogens is 4. The molecule has 1 unspecified atom stereocenters. The van der Waals surface area contributed by atoms with Gasteiger partial charge in [-0.15, -0.1) is 0 Å². The summed E-state index contributed by atoms with van der Waals surface area (Å²) in [5.41, 5.74) is 5.41. The number of pyridine rings is 1. The first-order valence-corrected chi connectivity index (χ1v) is 11.4. The molecule has 34 heavy (non-hydrogen) atoms. The highest BCUT2D eigenvalue weighted by molar-refractivity contribution is 5.91. The molecule has 0 aliphatic rings. The van der Waals surface area contributed by atoms with Gasteiger partial charge in [-0.1, -0.05) is 48.5 Å². The first kappa shape index (κ1) is 20.1. The van der Waals surface area contributed by atoms with Gasteiger partial charge in [0.15, 0.2) is 5.82 Å². The molecule has 3 aromatic carbocycles. The summed E-state index contributed by atoms with van der Waals surface area (Å²) in [7, 11) is 0. The number of anilines is 1. The molecule has 2 N–H and O–H groups in total. The van der Waals surface area contributed by atoms with E-state index >= 15 is 0 Å². The van der Waals surface area contributed by atoms with Gasteiger partial charge in [-0.2, -0.15) is 0 Å². The fraction of sp³-hybridized carbons (Fsp3) is 0.0690. The van der Waals surface area contributed by atoms with Crippen molar-refractivity contribution in [3.8, 4) is 11.4 Å². The Labute approximate surface area is 197 Å². The smallest absolute Gasteiger partial charge is 0.162 e. The quantitative estimate of drug-likeness (QED) is 0.313. The van der Waals surface area contributed by atoms with E-state index in [1.807, 2.05) is 48.9 Å². The first-order valence-electron chi connectivity index (χ1n) is 11.4. The highest BCUT2D eigenvalue weighted by Gasteiger charge is 2.16. The molecule has 0 aliphatic heterocycles. The maximum Gasteiger partial charge on any atom is 0.162 e. The van der Waals surface area contributed by atoms with Gasteiger partial charge in [0.25, 0.3) is 0 Å². The molecule has 0 amide bonds. The van der Waals surface area contributed by atoms with Crippen LogP contribution in [0.2, 0.25) is 0 Å². The van der Waals surface area contributed by atoms with Crippen LogP contribution in [0.1, 0.15) is 17.0 Å². The van der Waals surface area contributed by atoms with E-state index in [0.29, 0.717) is 12.4 Å². The molecule has 6 aromatic rings. The summed E-state index contributed by atoms with van der Waals surface area (Å²) in [6.07, 6.45) is 5.70. The largest absolute Gasteiger partial charge is 0.368 e. The van der Waals surface area contributed by atoms with E-state index in [1.54, 1.807) is 0 Å². The van der Waals surface area contributed by atoms with E-state index in [9.17, 15) is 0 Å². The third-order valence-electron chi connectivity index (χ3n) is 6.18. The van der Waals surface area contributed by atoms with Gasteiger partial charge in [0, 0.05) is 52.9 Å². The second kappa shape index (κ2) is 8.79. The highest BCUT2D eigenvalue weighted by atomic mass is 15.0. The van der Waals surface area contributed by atoms with Crippen LogP contribution in [-0.2, 0) is 0 Å². The van der Waals surface area contributed by atoms with Crippen LogP contribution in [0, 0.1) is 0 Å². The Morgan fingerprint density at radius 3 is 2.53 bits per heavy atom. The van der Waals surface area contributed by atoms with Crippen molar-refractivity contribution in [2.24, 2.45) is 0 Å². The van der Waals surface area contributed by atoms with E-state index in [2.05, 4.69) is 75.9 Å². The lowest BCUT2D eigenvalue weighted by molar-refractivity contribution is 0.843. The van der Waals surface area contributed by atoms with Gasteiger partial charge in [-0.3, -0.25) is 4.98 Å². The Morgan fingerprint density at radius 2 is 1.65 bits per heavy atom. The molecule has 0 bridgehead atoms. The molecule has 3 aromatic heterocycles. The number of hydrogen-bond donors (Lipinski definition) is 2. The van der Waals surface area contributed by atoms with Crippen molar-refractivity contribution >= 4 is 27.6 Å². The van der Waals surface area contributed by atoms with E-state index in [1.165, 1.54) is 5.56 Å². The second-order valence-corrected chi connectivity index (χ2v) is 8.32. The van der Waals surface area contributed by atoms with Gasteiger partial charge in [-0.25, -0.2) is 9.97 Å². The van der Waals surface area contributed by atoms with E-state index in [4.69, 9.17) is 9.97 Å². The van der Waals surface area contributed by atoms with Gasteiger partial charge in [-0.05, 0) is 53.6 Å². The molecule has 5 heteroatoms. The molecule has 0 radical (unpaired) electrons. The first-order chi connectivity index (χ1) is 16.8. The monoisotopic (exact) mass is 441 g/mol. The third kappa shape index (κ3) is 3.88. The summed E-state index contributed by atoms with van der Waals surface area (Å²) in [5, 5.41) is 5.79. The lowest BCUT2D eigenvalue weighted by atomic mass is 9.92. The molecule has 3 heterocycles. The van der Waals surface area contributed by atoms with Crippen molar-refractivity contribution in [3.05, 3.63) is 121 Å². The second-order valence-electron chi connectivity index (χ2n) is 8.32. The van der Waals surface area contributed by atoms with Crippen LogP contribution < -0.4 is 5.32 Å². The molecule has 0 aliphatic carbocycles. The van der Waals surface area contributed by atoms with Crippen molar-refractivity contribution in [1.82, 2.24) is 19.9 Å². The number of benzene rings is 3. The minimum absolute atomic E-state index is 0.142. The van der Waals surface area contributed by atoms with Crippen LogP contribution in [-0.4, -0.2) is 26.5 Å². The van der Waals surface area contributed by atoms with Crippen molar-refractivity contribution in [3.63, 3.8) is 0 Å². The van der Waals surface area contributed by atoms with Crippen LogP contribution in [0.3, 0.4) is 0 Å². The summed E-state index contributed by atoms with van der Waals surface area (Å²) in [6, 6.07) is 31.1. The maximum absolute atomic E-state index is 4.97. The highest BCUT2D eigenvalue weighted by Crippen LogP contribution is 2.29. The maximum atomic E-state index is 4.97. The Morgan fingerprint density at radius 1 is 0.794 bits per heavy atom. The predicted octanol–water partition coefficient (Wildman–Crippen LogP) is 6.42. The lowest BCUT2D eigenvalue weighted by Crippen LogP contribution is -2.15. The van der Waals surface area contributed by atoms with E-state index in [0.717, 1.165) is 38.8 Å². The zero-order valence-corrected chi connectivity index (χ0v) is 18.5. The van der Waals surface area contributed by atoms with Gasteiger partial charge < -0.3 is 10.3 Å². The number of nitrogens with one attached hydrogen (secondary N) is 2. The number of hydrogen-bond acceptors (Lipinski definition) is 4. The Hall–Kier alpha value is -4.51. The number of rotatable bonds is 6. The van der Waals surface area contributed by atoms with Gasteiger partial charge >= 0.3 is 0 Å². The summed E-state index contributed by atoms with van der Waals surface area (Å²) in [4.78, 5) is 17.4. The van der Waals surface area contributed by atoms with E-state index in [-0.39, 0.29) is 5.92 Å². The Balaban J connectivity index is 1.40. The van der Waals surface area contributed by atoms with Crippen molar-refractivity contribution < 1.29 is 0 Å². The lowest BCUT2D eigenvalue weighted by Gasteiger charge is -2.20. The van der Waals surface area contributed by atoms with Crippen molar-refractivity contribution in [2.75, 3.05) is 11.9 Å². The van der Waals surface area contributed by atoms with E-state index < -0.39 is 0 Å². The van der Waals surface area contributed by atoms with Crippen molar-refractivity contribution in [2.45, 2.75) is 5.92 Å². The summed E-state index contributed by atoms with van der Waals surface area (Å²) in [5.74, 6) is 1.69. The van der Waals surface area contributed by atoms with Crippen LogP contribution in [0.5, 0.6) is 0 Å². The summed E-state index contributed by atoms with van der Waals surface area (Å²) < 4.78 is 0. The molecule has 6 rings (SSSR count). The number of aromatic amines is 1. The molecule has 0 fully saturated rings. The molecule has 0 spiro atoms. The number of H-pyrrole nitrogens is 1. The zero-order valence-electron chi connectivity index (χ0n) is 18.5. The van der Waals surface area contributed by atoms with Crippen molar-refractivity contribution in [1.29, 1.82) is 0 Å². The van der Waals surface area contributed by atoms with Crippen LogP contribution >= 0.6 is 0 Å². The van der Waals surface area contributed by atoms with Gasteiger partial charge in [0.1, 0.15) is 5.82 Å². The van der Waals surface area contributed by atoms with Crippen LogP contribution in [0.4, 0.5) is 5.82 Å². The molecular weight excluding hydrogens is 418 g/mol. The molecule has 5 nitrogen and oxygen atoms in total. The summed E-state index contributed by atoms with van der Waals surface area (Å²) in [6.45, 7) is 0.687. The SMILES string of the molecule is c1ccc(C(CNc2nc(-c3ccc4[nH]ccc4c3)nc3ccccc23)c2cccnc2)cc1. The van der Waals surface area contributed by atoms with Gasteiger partial charge in [0.2, 0.25) is 0 Å². The van der Waals surface area contributed by atoms with Gasteiger partial charge in [0.05, 0.1) is 5.52 Å². The van der Waals surface area contributed by atoms with Crippen LogP contribution in [0.25, 0.3) is 33.2 Å². The fourth-order valence-corrected chi connectivity index (χ4v) is 4.43. The zero-order chi connectivity index (χ0) is 22.7. The molecule has 1 atom stereocenters. The molecule has 0 saturated carbocycles. The molecular formula is C29H23N5. The fourth-order valence-electron chi connectivity index (χ4n) is 4.43. The number of nitrogens with zero attached hydrogens (tertiary/aromatic N) is 3. The number of para-hydroxylation sites is 1. The Kier molecular flexibility index (Phi) is 5.20. The van der Waals surface area contributed by atoms with Crippen LogP contribution in [0.15, 0.2) is 110 Å². The minimum atomic E-state index is 0.142. The standard InChI is InChI=1S/C29H23N5/c1-2-7-20(8-3-1)25(23-9-6-15-30-18-23)19-32-29-24-10-4-5-11-27(24)33-28(34-29)22-12-13-26-21(17-22)14-16-31-26/h1-18,25,31H,19H2,(H,32,33,34). The molecule has 0 saturated heterocycles. The average Bonchev–Trinajstić information content (AvgIpc) is 3.38. The average molecular weight is 442 g/mol. The Bertz CT molecular complexity index is 1520. The number of fused-ring (bicyclic) bond motifs is 2. The topological polar surface area (TPSA) is 66.5 Å². The predicted molar refractivity (Wildman–Crippen MR) is 138 cm³/mol.